The maximum absolute atomic E-state index is 10.8. The van der Waals surface area contributed by atoms with E-state index in [1.165, 1.54) is 0 Å². The quantitative estimate of drug-likeness (QED) is 0.600. The number of ether oxygens (including phenoxy) is 2. The molecule has 0 aliphatic carbocycles. The Kier molecular flexibility index (Phi) is 3.40. The van der Waals surface area contributed by atoms with E-state index in [4.69, 9.17) is 0 Å². The first-order valence-corrected chi connectivity index (χ1v) is 4.35. The fourth-order valence-electron chi connectivity index (χ4n) is 1.38. The Hall–Kier alpha value is -2.78. The maximum atomic E-state index is 10.8. The summed E-state index contributed by atoms with van der Waals surface area (Å²) < 4.78 is 8.99. The van der Waals surface area contributed by atoms with Crippen molar-refractivity contribution in [3.8, 4) is 23.0 Å². The number of hydrogen-bond donors (Lipinski definition) is 2. The van der Waals surface area contributed by atoms with E-state index >= 15 is 0 Å². The molecule has 0 atom stereocenters. The van der Waals surface area contributed by atoms with Gasteiger partial charge < -0.3 is 19.7 Å². The minimum absolute atomic E-state index is 0.769. The average molecular weight is 260 g/mol. The number of aromatic hydroxyl groups is 2. The molecule has 10 heteroatoms. The van der Waals surface area contributed by atoms with Crippen LogP contribution in [0.5, 0.6) is 23.0 Å². The van der Waals surface area contributed by atoms with Crippen LogP contribution < -0.4 is 9.47 Å². The van der Waals surface area contributed by atoms with Gasteiger partial charge in [0.2, 0.25) is 17.2 Å². The summed E-state index contributed by atoms with van der Waals surface area (Å²) in [5.41, 5.74) is -2.11. The second-order valence-corrected chi connectivity index (χ2v) is 2.98. The summed E-state index contributed by atoms with van der Waals surface area (Å²) in [6.07, 6.45) is 0. The van der Waals surface area contributed by atoms with E-state index in [0.717, 1.165) is 14.2 Å². The lowest BCUT2D eigenvalue weighted by Gasteiger charge is -2.10. The summed E-state index contributed by atoms with van der Waals surface area (Å²) in [7, 11) is 1.91. The molecule has 18 heavy (non-hydrogen) atoms. The van der Waals surface area contributed by atoms with Crippen molar-refractivity contribution < 1.29 is 29.5 Å². The Bertz CT molecular complexity index is 485. The molecule has 0 aromatic heterocycles. The van der Waals surface area contributed by atoms with E-state index in [1.54, 1.807) is 0 Å². The highest BCUT2D eigenvalue weighted by molar-refractivity contribution is 5.78. The molecule has 1 aromatic carbocycles. The zero-order chi connectivity index (χ0) is 14.0. The Morgan fingerprint density at radius 1 is 0.889 bits per heavy atom. The summed E-state index contributed by atoms with van der Waals surface area (Å²) >= 11 is 0. The van der Waals surface area contributed by atoms with E-state index < -0.39 is 44.2 Å². The predicted molar refractivity (Wildman–Crippen MR) is 56.2 cm³/mol. The molecule has 0 amide bonds. The minimum atomic E-state index is -1.08. The molecule has 0 saturated carbocycles. The molecule has 0 spiro atoms. The van der Waals surface area contributed by atoms with Gasteiger partial charge in [0.15, 0.2) is 0 Å². The van der Waals surface area contributed by atoms with E-state index in [9.17, 15) is 30.4 Å². The number of hydrogen-bond acceptors (Lipinski definition) is 8. The van der Waals surface area contributed by atoms with Crippen LogP contribution in [-0.2, 0) is 0 Å². The fourth-order valence-corrected chi connectivity index (χ4v) is 1.38. The first-order chi connectivity index (χ1) is 8.36. The van der Waals surface area contributed by atoms with Gasteiger partial charge in [-0.15, -0.1) is 0 Å². The SMILES string of the molecule is COc1c(O)c([N+](=O)[O-])c(OC)c([N+](=O)[O-])c1O. The Morgan fingerprint density at radius 2 is 1.22 bits per heavy atom. The molecule has 0 unspecified atom stereocenters. The van der Waals surface area contributed by atoms with E-state index in [-0.39, 0.29) is 0 Å². The van der Waals surface area contributed by atoms with Crippen LogP contribution in [0.3, 0.4) is 0 Å². The van der Waals surface area contributed by atoms with Gasteiger partial charge in [0.1, 0.15) is 0 Å². The summed E-state index contributed by atoms with van der Waals surface area (Å²) in [5, 5.41) is 40.6. The van der Waals surface area contributed by atoms with Crippen LogP contribution in [-0.4, -0.2) is 34.3 Å². The molecule has 98 valence electrons. The van der Waals surface area contributed by atoms with Crippen molar-refractivity contribution in [2.45, 2.75) is 0 Å². The molecule has 0 saturated heterocycles. The fraction of sp³-hybridized carbons (Fsp3) is 0.250. The second kappa shape index (κ2) is 4.61. The van der Waals surface area contributed by atoms with Gasteiger partial charge in [-0.3, -0.25) is 20.2 Å². The number of nitrogens with zero attached hydrogens (tertiary/aromatic N) is 2. The van der Waals surface area contributed by atoms with Gasteiger partial charge in [-0.25, -0.2) is 0 Å². The van der Waals surface area contributed by atoms with Crippen molar-refractivity contribution in [2.75, 3.05) is 14.2 Å². The van der Waals surface area contributed by atoms with Crippen LogP contribution in [0.1, 0.15) is 0 Å². The molecule has 0 aliphatic heterocycles. The van der Waals surface area contributed by atoms with Gasteiger partial charge in [0.05, 0.1) is 24.1 Å². The Morgan fingerprint density at radius 3 is 1.44 bits per heavy atom. The van der Waals surface area contributed by atoms with Crippen LogP contribution in [0.4, 0.5) is 11.4 Å². The molecule has 1 aromatic rings. The minimum Gasteiger partial charge on any atom is -0.499 e. The number of rotatable bonds is 4. The van der Waals surface area contributed by atoms with Gasteiger partial charge in [0.25, 0.3) is 5.75 Å². The maximum Gasteiger partial charge on any atom is 0.363 e. The van der Waals surface area contributed by atoms with Gasteiger partial charge in [0, 0.05) is 0 Å². The lowest BCUT2D eigenvalue weighted by Crippen LogP contribution is -2.01. The molecule has 0 radical (unpaired) electrons. The molecule has 0 aliphatic rings. The zero-order valence-corrected chi connectivity index (χ0v) is 9.24. The third-order valence-electron chi connectivity index (χ3n) is 2.08. The van der Waals surface area contributed by atoms with E-state index in [2.05, 4.69) is 9.47 Å². The molecular weight excluding hydrogens is 252 g/mol. The van der Waals surface area contributed by atoms with Crippen LogP contribution in [0, 0.1) is 20.2 Å². The zero-order valence-electron chi connectivity index (χ0n) is 9.24. The lowest BCUT2D eigenvalue weighted by atomic mass is 10.2. The molecule has 0 fully saturated rings. The first-order valence-electron chi connectivity index (χ1n) is 4.35. The first kappa shape index (κ1) is 13.3. The summed E-state index contributed by atoms with van der Waals surface area (Å²) in [6, 6.07) is 0. The standard InChI is InChI=1S/C8H8N2O8/c1-17-7-3(9(13)14)5(11)8(18-2)6(12)4(7)10(15)16/h11-12H,1-2H3. The van der Waals surface area contributed by atoms with Crippen molar-refractivity contribution in [3.05, 3.63) is 20.2 Å². The van der Waals surface area contributed by atoms with Crippen molar-refractivity contribution in [2.24, 2.45) is 0 Å². The van der Waals surface area contributed by atoms with Crippen LogP contribution in [0.2, 0.25) is 0 Å². The van der Waals surface area contributed by atoms with Gasteiger partial charge >= 0.3 is 11.4 Å². The lowest BCUT2D eigenvalue weighted by molar-refractivity contribution is -0.397. The molecule has 1 rings (SSSR count). The smallest absolute Gasteiger partial charge is 0.363 e. The van der Waals surface area contributed by atoms with E-state index in [1.807, 2.05) is 0 Å². The molecule has 0 heterocycles. The monoisotopic (exact) mass is 260 g/mol. The highest BCUT2D eigenvalue weighted by Gasteiger charge is 2.39. The van der Waals surface area contributed by atoms with Crippen LogP contribution >= 0.6 is 0 Å². The normalized spacial score (nSPS) is 9.89. The predicted octanol–water partition coefficient (Wildman–Crippen LogP) is 0.931. The number of nitro benzene ring substituents is 2. The summed E-state index contributed by atoms with van der Waals surface area (Å²) in [5.74, 6) is -3.74. The average Bonchev–Trinajstić information content (AvgIpc) is 2.27. The third kappa shape index (κ3) is 1.79. The molecule has 10 nitrogen and oxygen atoms in total. The van der Waals surface area contributed by atoms with Crippen LogP contribution in [0.25, 0.3) is 0 Å². The van der Waals surface area contributed by atoms with Crippen molar-refractivity contribution >= 4 is 11.4 Å². The highest BCUT2D eigenvalue weighted by Crippen LogP contribution is 2.55. The molecule has 2 N–H and O–H groups in total. The van der Waals surface area contributed by atoms with Crippen molar-refractivity contribution in [1.29, 1.82) is 0 Å². The second-order valence-electron chi connectivity index (χ2n) is 2.98. The number of nitro groups is 2. The Balaban J connectivity index is 3.87. The number of benzene rings is 1. The topological polar surface area (TPSA) is 145 Å². The largest absolute Gasteiger partial charge is 0.499 e. The van der Waals surface area contributed by atoms with Gasteiger partial charge in [-0.2, -0.15) is 0 Å². The number of phenolic OH excluding ortho intramolecular Hbond substituents is 2. The number of methoxy groups -OCH3 is 2. The third-order valence-corrected chi connectivity index (χ3v) is 2.08. The van der Waals surface area contributed by atoms with E-state index in [0.29, 0.717) is 0 Å². The summed E-state index contributed by atoms with van der Waals surface area (Å²) in [4.78, 5) is 19.4. The number of phenols is 2. The van der Waals surface area contributed by atoms with Gasteiger partial charge in [-0.05, 0) is 0 Å². The molecular formula is C8H8N2O8. The summed E-state index contributed by atoms with van der Waals surface area (Å²) in [6.45, 7) is 0. The Labute approximate surface area is 99.3 Å². The van der Waals surface area contributed by atoms with Gasteiger partial charge in [-0.1, -0.05) is 0 Å². The van der Waals surface area contributed by atoms with Crippen molar-refractivity contribution in [3.63, 3.8) is 0 Å². The highest BCUT2D eigenvalue weighted by atomic mass is 16.6. The van der Waals surface area contributed by atoms with Crippen molar-refractivity contribution in [1.82, 2.24) is 0 Å². The molecule has 0 bridgehead atoms. The van der Waals surface area contributed by atoms with Crippen LogP contribution in [0.15, 0.2) is 0 Å².